The summed E-state index contributed by atoms with van der Waals surface area (Å²) in [6, 6.07) is 13.3. The number of anilines is 1. The normalized spacial score (nSPS) is 21.2. The van der Waals surface area contributed by atoms with Gasteiger partial charge in [0.25, 0.3) is 0 Å². The van der Waals surface area contributed by atoms with Crippen molar-refractivity contribution in [3.8, 4) is 11.5 Å². The van der Waals surface area contributed by atoms with Crippen LogP contribution in [-0.4, -0.2) is 51.3 Å². The van der Waals surface area contributed by atoms with Crippen molar-refractivity contribution in [1.29, 1.82) is 0 Å². The van der Waals surface area contributed by atoms with Crippen molar-refractivity contribution in [3.63, 3.8) is 0 Å². The minimum absolute atomic E-state index is 0.771. The van der Waals surface area contributed by atoms with E-state index in [4.69, 9.17) is 9.47 Å². The number of fused-ring (bicyclic) bond motifs is 2. The molecule has 1 unspecified atom stereocenters. The molecule has 2 aliphatic heterocycles. The van der Waals surface area contributed by atoms with Crippen LogP contribution in [0.3, 0.4) is 0 Å². The maximum atomic E-state index is 5.77. The molecule has 0 radical (unpaired) electrons. The zero-order valence-corrected chi connectivity index (χ0v) is 16.1. The van der Waals surface area contributed by atoms with Crippen LogP contribution in [0.25, 0.3) is 0 Å². The Morgan fingerprint density at radius 3 is 2.74 bits per heavy atom. The van der Waals surface area contributed by atoms with Crippen LogP contribution < -0.4 is 14.4 Å². The molecular formula is C23H28N2O2. The lowest BCUT2D eigenvalue weighted by atomic mass is 9.76. The van der Waals surface area contributed by atoms with E-state index in [1.54, 1.807) is 18.2 Å². The van der Waals surface area contributed by atoms with Gasteiger partial charge in [0.05, 0.1) is 19.4 Å². The Bertz CT molecular complexity index is 827. The summed E-state index contributed by atoms with van der Waals surface area (Å²) in [5.74, 6) is 2.80. The van der Waals surface area contributed by atoms with Gasteiger partial charge < -0.3 is 14.4 Å². The molecule has 142 valence electrons. The van der Waals surface area contributed by atoms with Crippen molar-refractivity contribution in [1.82, 2.24) is 4.90 Å². The van der Waals surface area contributed by atoms with Gasteiger partial charge in [-0.05, 0) is 42.5 Å². The predicted molar refractivity (Wildman–Crippen MR) is 108 cm³/mol. The first kappa shape index (κ1) is 16.9. The summed E-state index contributed by atoms with van der Waals surface area (Å²) in [5, 5.41) is 0. The molecule has 2 aromatic rings. The van der Waals surface area contributed by atoms with E-state index in [1.807, 2.05) is 0 Å². The third kappa shape index (κ3) is 3.16. The minimum Gasteiger partial charge on any atom is -0.495 e. The van der Waals surface area contributed by atoms with Gasteiger partial charge in [-0.2, -0.15) is 0 Å². The zero-order valence-electron chi connectivity index (χ0n) is 16.1. The SMILES string of the molecule is COc1cc2c(cc1N1CCN(CCC3Cc4ccccc43)CC1)OCC2. The molecule has 2 aromatic carbocycles. The highest BCUT2D eigenvalue weighted by Gasteiger charge is 2.27. The fraction of sp³-hybridized carbons (Fsp3) is 0.478. The van der Waals surface area contributed by atoms with E-state index < -0.39 is 0 Å². The standard InChI is InChI=1S/C23H28N2O2/c1-26-23-15-19-7-13-27-22(19)16-21(23)25-11-9-24(10-12-25)8-6-18-14-17-4-2-3-5-20(17)18/h2-5,15-16,18H,6-14H2,1H3. The van der Waals surface area contributed by atoms with Crippen LogP contribution >= 0.6 is 0 Å². The molecule has 0 amide bonds. The van der Waals surface area contributed by atoms with Gasteiger partial charge in [-0.3, -0.25) is 4.90 Å². The molecule has 3 aliphatic rings. The predicted octanol–water partition coefficient (Wildman–Crippen LogP) is 3.48. The van der Waals surface area contributed by atoms with Crippen molar-refractivity contribution in [2.75, 3.05) is 51.3 Å². The van der Waals surface area contributed by atoms with Crippen LogP contribution in [0.4, 0.5) is 5.69 Å². The van der Waals surface area contributed by atoms with E-state index in [0.717, 1.165) is 56.6 Å². The first-order valence-electron chi connectivity index (χ1n) is 10.2. The van der Waals surface area contributed by atoms with E-state index in [2.05, 4.69) is 46.2 Å². The highest BCUT2D eigenvalue weighted by molar-refractivity contribution is 5.65. The smallest absolute Gasteiger partial charge is 0.142 e. The van der Waals surface area contributed by atoms with Gasteiger partial charge in [-0.15, -0.1) is 0 Å². The number of piperazine rings is 1. The van der Waals surface area contributed by atoms with Crippen LogP contribution in [0.15, 0.2) is 36.4 Å². The van der Waals surface area contributed by atoms with E-state index in [1.165, 1.54) is 30.6 Å². The summed E-state index contributed by atoms with van der Waals surface area (Å²) in [5.41, 5.74) is 5.60. The number of hydrogen-bond acceptors (Lipinski definition) is 4. The number of hydrogen-bond donors (Lipinski definition) is 0. The summed E-state index contributed by atoms with van der Waals surface area (Å²) < 4.78 is 11.4. The number of nitrogens with zero attached hydrogens (tertiary/aromatic N) is 2. The van der Waals surface area contributed by atoms with Crippen molar-refractivity contribution >= 4 is 5.69 Å². The molecule has 1 fully saturated rings. The van der Waals surface area contributed by atoms with Crippen molar-refractivity contribution in [2.24, 2.45) is 0 Å². The number of rotatable bonds is 5. The molecule has 4 heteroatoms. The highest BCUT2D eigenvalue weighted by atomic mass is 16.5. The summed E-state index contributed by atoms with van der Waals surface area (Å²) in [6.45, 7) is 6.34. The molecule has 1 saturated heterocycles. The summed E-state index contributed by atoms with van der Waals surface area (Å²) in [4.78, 5) is 5.07. The van der Waals surface area contributed by atoms with Crippen molar-refractivity contribution < 1.29 is 9.47 Å². The van der Waals surface area contributed by atoms with E-state index >= 15 is 0 Å². The number of benzene rings is 2. The monoisotopic (exact) mass is 364 g/mol. The maximum Gasteiger partial charge on any atom is 0.142 e. The molecular weight excluding hydrogens is 336 g/mol. The Hall–Kier alpha value is -2.20. The van der Waals surface area contributed by atoms with Crippen LogP contribution in [0.2, 0.25) is 0 Å². The van der Waals surface area contributed by atoms with Gasteiger partial charge in [0, 0.05) is 44.2 Å². The first-order valence-corrected chi connectivity index (χ1v) is 10.2. The second-order valence-electron chi connectivity index (χ2n) is 7.95. The molecule has 0 bridgehead atoms. The third-order valence-electron chi connectivity index (χ3n) is 6.46. The highest BCUT2D eigenvalue weighted by Crippen LogP contribution is 2.39. The topological polar surface area (TPSA) is 24.9 Å². The van der Waals surface area contributed by atoms with Gasteiger partial charge >= 0.3 is 0 Å². The molecule has 0 saturated carbocycles. The second-order valence-corrected chi connectivity index (χ2v) is 7.95. The Morgan fingerprint density at radius 2 is 1.93 bits per heavy atom. The maximum absolute atomic E-state index is 5.77. The molecule has 0 aromatic heterocycles. The average Bonchev–Trinajstić information content (AvgIpc) is 3.15. The van der Waals surface area contributed by atoms with Crippen LogP contribution in [-0.2, 0) is 12.8 Å². The average molecular weight is 364 g/mol. The van der Waals surface area contributed by atoms with Gasteiger partial charge in [0.1, 0.15) is 11.5 Å². The molecule has 2 heterocycles. The summed E-state index contributed by atoms with van der Waals surface area (Å²) in [6.07, 6.45) is 3.54. The summed E-state index contributed by atoms with van der Waals surface area (Å²) in [7, 11) is 1.77. The summed E-state index contributed by atoms with van der Waals surface area (Å²) >= 11 is 0. The number of ether oxygens (including phenoxy) is 2. The molecule has 4 nitrogen and oxygen atoms in total. The molecule has 1 atom stereocenters. The van der Waals surface area contributed by atoms with Gasteiger partial charge in [0.15, 0.2) is 0 Å². The van der Waals surface area contributed by atoms with Crippen LogP contribution in [0, 0.1) is 0 Å². The zero-order chi connectivity index (χ0) is 18.2. The second kappa shape index (κ2) is 7.08. The van der Waals surface area contributed by atoms with Crippen LogP contribution in [0.5, 0.6) is 11.5 Å². The fourth-order valence-electron chi connectivity index (χ4n) is 4.77. The lowest BCUT2D eigenvalue weighted by Crippen LogP contribution is -2.47. The first-order chi connectivity index (χ1) is 13.3. The Labute approximate surface area is 161 Å². The lowest BCUT2D eigenvalue weighted by Gasteiger charge is -2.38. The molecule has 0 spiro atoms. The third-order valence-corrected chi connectivity index (χ3v) is 6.46. The number of methoxy groups -OCH3 is 1. The molecule has 0 N–H and O–H groups in total. The largest absolute Gasteiger partial charge is 0.495 e. The lowest BCUT2D eigenvalue weighted by molar-refractivity contribution is 0.244. The minimum atomic E-state index is 0.771. The Balaban J connectivity index is 1.18. The van der Waals surface area contributed by atoms with Gasteiger partial charge in [-0.25, -0.2) is 0 Å². The van der Waals surface area contributed by atoms with E-state index in [-0.39, 0.29) is 0 Å². The molecule has 27 heavy (non-hydrogen) atoms. The van der Waals surface area contributed by atoms with Gasteiger partial charge in [0.2, 0.25) is 0 Å². The fourth-order valence-corrected chi connectivity index (χ4v) is 4.77. The Morgan fingerprint density at radius 1 is 1.07 bits per heavy atom. The van der Waals surface area contributed by atoms with E-state index in [9.17, 15) is 0 Å². The molecule has 5 rings (SSSR count). The quantitative estimate of drug-likeness (QED) is 0.811. The van der Waals surface area contributed by atoms with Gasteiger partial charge in [-0.1, -0.05) is 24.3 Å². The van der Waals surface area contributed by atoms with Crippen molar-refractivity contribution in [2.45, 2.75) is 25.2 Å². The van der Waals surface area contributed by atoms with Crippen LogP contribution in [0.1, 0.15) is 29.0 Å². The molecule has 1 aliphatic carbocycles. The van der Waals surface area contributed by atoms with E-state index in [0.29, 0.717) is 0 Å². The van der Waals surface area contributed by atoms with Crippen molar-refractivity contribution in [3.05, 3.63) is 53.1 Å². The Kier molecular flexibility index (Phi) is 4.44.